The van der Waals surface area contributed by atoms with Crippen molar-refractivity contribution < 1.29 is 22.7 Å². The number of aliphatic imine (C=N–C) groups is 2. The average Bonchev–Trinajstić information content (AvgIpc) is 2.84. The third-order valence-corrected chi connectivity index (χ3v) is 6.10. The highest BCUT2D eigenvalue weighted by molar-refractivity contribution is 7.80. The summed E-state index contributed by atoms with van der Waals surface area (Å²) in [6, 6.07) is 9.83. The van der Waals surface area contributed by atoms with Crippen LogP contribution in [0.15, 0.2) is 52.4 Å². The predicted octanol–water partition coefficient (Wildman–Crippen LogP) is 5.50. The van der Waals surface area contributed by atoms with E-state index in [1.807, 2.05) is 19.9 Å². The Morgan fingerprint density at radius 2 is 1.97 bits per heavy atom. The third-order valence-electron chi connectivity index (χ3n) is 5.66. The van der Waals surface area contributed by atoms with Gasteiger partial charge in [-0.05, 0) is 72.9 Å². The summed E-state index contributed by atoms with van der Waals surface area (Å²) in [5, 5.41) is 9.24. The molecule has 1 fully saturated rings. The number of hydrogen-bond donors (Lipinski definition) is 4. The molecule has 1 unspecified atom stereocenters. The molecule has 1 aliphatic heterocycles. The van der Waals surface area contributed by atoms with Gasteiger partial charge in [0.25, 0.3) is 0 Å². The van der Waals surface area contributed by atoms with E-state index in [-0.39, 0.29) is 28.8 Å². The van der Waals surface area contributed by atoms with Crippen molar-refractivity contribution in [3.05, 3.63) is 53.1 Å². The number of nitrogens with one attached hydrogen (secondary N) is 3. The molecule has 1 aliphatic rings. The maximum Gasteiger partial charge on any atom is 0.573 e. The molecule has 2 amide bonds. The Labute approximate surface area is 234 Å². The van der Waals surface area contributed by atoms with Crippen LogP contribution in [-0.2, 0) is 0 Å². The summed E-state index contributed by atoms with van der Waals surface area (Å²) in [7, 11) is 0. The first-order chi connectivity index (χ1) is 18.4. The average molecular weight is 584 g/mol. The predicted molar refractivity (Wildman–Crippen MR) is 151 cm³/mol. The quantitative estimate of drug-likeness (QED) is 0.203. The van der Waals surface area contributed by atoms with E-state index in [4.69, 9.17) is 29.6 Å². The molecule has 0 aromatic heterocycles. The number of hydrogen-bond acceptors (Lipinski definition) is 4. The molecule has 1 heterocycles. The fourth-order valence-electron chi connectivity index (χ4n) is 3.89. The van der Waals surface area contributed by atoms with E-state index in [2.05, 4.69) is 30.7 Å². The molecule has 210 valence electrons. The minimum atomic E-state index is -4.76. The van der Waals surface area contributed by atoms with Crippen LogP contribution < -0.4 is 26.4 Å². The van der Waals surface area contributed by atoms with Gasteiger partial charge in [0, 0.05) is 29.8 Å². The van der Waals surface area contributed by atoms with Crippen molar-refractivity contribution in [3.8, 4) is 5.75 Å². The molecule has 5 N–H and O–H groups in total. The first-order valence-electron chi connectivity index (χ1n) is 12.0. The fraction of sp³-hybridized carbons (Fsp3) is 0.360. The van der Waals surface area contributed by atoms with Crippen molar-refractivity contribution >= 4 is 58.6 Å². The summed E-state index contributed by atoms with van der Waals surface area (Å²) in [6.07, 6.45) is -2.04. The topological polar surface area (TPSA) is 116 Å². The molecule has 0 saturated carbocycles. The molecule has 3 rings (SSSR count). The van der Waals surface area contributed by atoms with Gasteiger partial charge >= 0.3 is 12.4 Å². The normalized spacial score (nSPS) is 16.3. The largest absolute Gasteiger partial charge is 0.573 e. The summed E-state index contributed by atoms with van der Waals surface area (Å²) >= 11 is 11.4. The van der Waals surface area contributed by atoms with Crippen LogP contribution in [0.3, 0.4) is 0 Å². The Kier molecular flexibility index (Phi) is 10.4. The fourth-order valence-corrected chi connectivity index (χ4v) is 4.27. The van der Waals surface area contributed by atoms with E-state index >= 15 is 0 Å². The Morgan fingerprint density at radius 1 is 1.26 bits per heavy atom. The highest BCUT2D eigenvalue weighted by Crippen LogP contribution is 2.27. The van der Waals surface area contributed by atoms with Gasteiger partial charge in [-0.3, -0.25) is 5.32 Å². The SMILES string of the molecule is CC(C)c1ccc(Cl)cc1NC(=S)NC(=O)NC1CCCN(C(N)=NC=Nc2ccc(OC(F)(F)F)cc2)C1. The number of alkyl halides is 3. The minimum Gasteiger partial charge on any atom is -0.406 e. The molecular weight excluding hydrogens is 555 g/mol. The number of guanidine groups is 1. The maximum atomic E-state index is 12.6. The first-order valence-corrected chi connectivity index (χ1v) is 12.8. The zero-order valence-electron chi connectivity index (χ0n) is 21.3. The Balaban J connectivity index is 1.50. The molecule has 2 aromatic rings. The summed E-state index contributed by atoms with van der Waals surface area (Å²) in [4.78, 5) is 22.5. The van der Waals surface area contributed by atoms with E-state index in [0.29, 0.717) is 23.8 Å². The number of benzene rings is 2. The van der Waals surface area contributed by atoms with E-state index in [1.165, 1.54) is 18.5 Å². The number of carbonyl (C=O) groups is 1. The first kappa shape index (κ1) is 30.0. The van der Waals surface area contributed by atoms with Crippen LogP contribution in [0.4, 0.5) is 29.3 Å². The van der Waals surface area contributed by atoms with Gasteiger partial charge in [-0.15, -0.1) is 13.2 Å². The van der Waals surface area contributed by atoms with Crippen LogP contribution in [0.5, 0.6) is 5.75 Å². The summed E-state index contributed by atoms with van der Waals surface area (Å²) < 4.78 is 40.6. The number of anilines is 1. The number of amides is 2. The molecule has 39 heavy (non-hydrogen) atoms. The van der Waals surface area contributed by atoms with Crippen molar-refractivity contribution in [1.82, 2.24) is 15.5 Å². The van der Waals surface area contributed by atoms with Gasteiger partial charge in [0.1, 0.15) is 12.1 Å². The van der Waals surface area contributed by atoms with Crippen LogP contribution in [0.2, 0.25) is 5.02 Å². The van der Waals surface area contributed by atoms with Gasteiger partial charge in [0.05, 0.1) is 5.69 Å². The van der Waals surface area contributed by atoms with Crippen LogP contribution in [0.25, 0.3) is 0 Å². The van der Waals surface area contributed by atoms with Gasteiger partial charge in [-0.1, -0.05) is 31.5 Å². The monoisotopic (exact) mass is 583 g/mol. The lowest BCUT2D eigenvalue weighted by Gasteiger charge is -2.33. The second-order valence-electron chi connectivity index (χ2n) is 9.00. The number of carbonyl (C=O) groups excluding carboxylic acids is 1. The van der Waals surface area contributed by atoms with E-state index in [0.717, 1.165) is 36.2 Å². The molecular formula is C25H29ClF3N7O2S. The number of thiocarbonyl (C=S) groups is 1. The summed E-state index contributed by atoms with van der Waals surface area (Å²) in [6.45, 7) is 5.15. The second-order valence-corrected chi connectivity index (χ2v) is 9.84. The van der Waals surface area contributed by atoms with Crippen LogP contribution in [0, 0.1) is 0 Å². The molecule has 2 aromatic carbocycles. The van der Waals surface area contributed by atoms with Gasteiger partial charge < -0.3 is 26.0 Å². The lowest BCUT2D eigenvalue weighted by atomic mass is 10.0. The molecule has 9 nitrogen and oxygen atoms in total. The number of piperidine rings is 1. The van der Waals surface area contributed by atoms with Crippen molar-refractivity contribution in [2.24, 2.45) is 15.7 Å². The number of rotatable bonds is 6. The number of ether oxygens (including phenoxy) is 1. The maximum absolute atomic E-state index is 12.6. The zero-order chi connectivity index (χ0) is 28.6. The molecule has 1 atom stereocenters. The second kappa shape index (κ2) is 13.5. The molecule has 1 saturated heterocycles. The van der Waals surface area contributed by atoms with Gasteiger partial charge in [-0.2, -0.15) is 0 Å². The Morgan fingerprint density at radius 3 is 2.64 bits per heavy atom. The Hall–Kier alpha value is -3.58. The number of halogens is 4. The highest BCUT2D eigenvalue weighted by Gasteiger charge is 2.31. The standard InChI is InChI=1S/C25H29ClF3N7O2S/c1-15(2)20-10-5-16(26)12-21(20)34-24(39)35-23(37)33-18-4-3-11-36(13-18)22(30)32-14-31-17-6-8-19(9-7-17)38-25(27,28)29/h5-10,12,14-15,18H,3-4,11,13H2,1-2H3,(H2,30,31,32)(H3,33,34,35,37,39). The molecule has 0 radical (unpaired) electrons. The molecule has 0 aliphatic carbocycles. The van der Waals surface area contributed by atoms with Crippen molar-refractivity contribution in [3.63, 3.8) is 0 Å². The van der Waals surface area contributed by atoms with E-state index in [1.54, 1.807) is 17.0 Å². The third kappa shape index (κ3) is 9.91. The van der Waals surface area contributed by atoms with Crippen molar-refractivity contribution in [2.75, 3.05) is 18.4 Å². The number of likely N-dealkylation sites (tertiary alicyclic amines) is 1. The van der Waals surface area contributed by atoms with Crippen LogP contribution in [-0.4, -0.2) is 53.8 Å². The number of nitrogens with two attached hydrogens (primary N) is 1. The highest BCUT2D eigenvalue weighted by atomic mass is 35.5. The number of urea groups is 1. The summed E-state index contributed by atoms with van der Waals surface area (Å²) in [5.41, 5.74) is 8.20. The smallest absolute Gasteiger partial charge is 0.406 e. The van der Waals surface area contributed by atoms with Crippen LogP contribution >= 0.6 is 23.8 Å². The van der Waals surface area contributed by atoms with Crippen LogP contribution in [0.1, 0.15) is 38.2 Å². The van der Waals surface area contributed by atoms with Gasteiger partial charge in [-0.25, -0.2) is 14.8 Å². The van der Waals surface area contributed by atoms with E-state index in [9.17, 15) is 18.0 Å². The van der Waals surface area contributed by atoms with Gasteiger partial charge in [0.2, 0.25) is 0 Å². The molecule has 14 heteroatoms. The lowest BCUT2D eigenvalue weighted by molar-refractivity contribution is -0.274. The minimum absolute atomic E-state index is 0.139. The molecule has 0 bridgehead atoms. The van der Waals surface area contributed by atoms with Gasteiger partial charge in [0.15, 0.2) is 11.1 Å². The summed E-state index contributed by atoms with van der Waals surface area (Å²) in [5.74, 6) is 0.0777. The van der Waals surface area contributed by atoms with Crippen molar-refractivity contribution in [2.45, 2.75) is 45.0 Å². The van der Waals surface area contributed by atoms with Crippen molar-refractivity contribution in [1.29, 1.82) is 0 Å². The lowest BCUT2D eigenvalue weighted by Crippen LogP contribution is -2.54. The Bertz CT molecular complexity index is 1220. The molecule has 0 spiro atoms. The number of nitrogens with zero attached hydrogens (tertiary/aromatic N) is 3. The zero-order valence-corrected chi connectivity index (χ0v) is 22.8. The van der Waals surface area contributed by atoms with E-state index < -0.39 is 12.4 Å².